The van der Waals surface area contributed by atoms with Crippen LogP contribution >= 0.6 is 0 Å². The van der Waals surface area contributed by atoms with E-state index in [2.05, 4.69) is 10.6 Å². The zero-order chi connectivity index (χ0) is 17.7. The number of hydrogen-bond acceptors (Lipinski definition) is 3. The lowest BCUT2D eigenvalue weighted by atomic mass is 10.0. The first-order valence-electron chi connectivity index (χ1n) is 7.49. The molecule has 6 heteroatoms. The number of amides is 2. The van der Waals surface area contributed by atoms with Gasteiger partial charge in [-0.05, 0) is 42.8 Å². The number of hydrogen-bond donors (Lipinski definition) is 3. The van der Waals surface area contributed by atoms with E-state index >= 15 is 0 Å². The van der Waals surface area contributed by atoms with Crippen LogP contribution in [0.15, 0.2) is 48.5 Å². The second-order valence-electron chi connectivity index (χ2n) is 5.52. The summed E-state index contributed by atoms with van der Waals surface area (Å²) in [5, 5.41) is 15.6. The molecule has 0 radical (unpaired) electrons. The van der Waals surface area contributed by atoms with E-state index in [0.29, 0.717) is 16.8 Å². The largest absolute Gasteiger partial charge is 0.386 e. The lowest BCUT2D eigenvalue weighted by molar-refractivity contribution is -0.114. The Balaban J connectivity index is 2.05. The zero-order valence-electron chi connectivity index (χ0n) is 13.4. The van der Waals surface area contributed by atoms with Gasteiger partial charge >= 0.3 is 0 Å². The van der Waals surface area contributed by atoms with Crippen molar-refractivity contribution in [2.24, 2.45) is 0 Å². The third-order valence-corrected chi connectivity index (χ3v) is 3.49. The molecule has 2 aromatic rings. The molecule has 2 amide bonds. The highest BCUT2D eigenvalue weighted by atomic mass is 19.1. The van der Waals surface area contributed by atoms with Crippen LogP contribution in [0, 0.1) is 5.82 Å². The Kier molecular flexibility index (Phi) is 5.65. The fourth-order valence-electron chi connectivity index (χ4n) is 2.26. The van der Waals surface area contributed by atoms with Gasteiger partial charge in [0.1, 0.15) is 5.82 Å². The van der Waals surface area contributed by atoms with E-state index in [1.807, 2.05) is 0 Å². The van der Waals surface area contributed by atoms with Crippen molar-refractivity contribution in [3.8, 4) is 0 Å². The number of benzene rings is 2. The quantitative estimate of drug-likeness (QED) is 0.788. The maximum Gasteiger partial charge on any atom is 0.251 e. The van der Waals surface area contributed by atoms with Gasteiger partial charge < -0.3 is 15.7 Å². The summed E-state index contributed by atoms with van der Waals surface area (Å²) >= 11 is 0. The van der Waals surface area contributed by atoms with Gasteiger partial charge in [-0.2, -0.15) is 0 Å². The first kappa shape index (κ1) is 17.6. The minimum absolute atomic E-state index is 0.229. The molecule has 5 nitrogen and oxygen atoms in total. The van der Waals surface area contributed by atoms with Crippen LogP contribution in [0.5, 0.6) is 0 Å². The van der Waals surface area contributed by atoms with Gasteiger partial charge in [-0.1, -0.05) is 18.2 Å². The highest BCUT2D eigenvalue weighted by Gasteiger charge is 2.19. The van der Waals surface area contributed by atoms with Gasteiger partial charge in [0, 0.05) is 18.2 Å². The summed E-state index contributed by atoms with van der Waals surface area (Å²) in [7, 11) is 0. The number of aliphatic hydroxyl groups is 1. The third kappa shape index (κ3) is 4.63. The van der Waals surface area contributed by atoms with Gasteiger partial charge in [-0.25, -0.2) is 4.39 Å². The van der Waals surface area contributed by atoms with Gasteiger partial charge in [0.25, 0.3) is 5.91 Å². The van der Waals surface area contributed by atoms with E-state index in [1.165, 1.54) is 31.2 Å². The number of aliphatic hydroxyl groups excluding tert-OH is 1. The molecule has 2 unspecified atom stereocenters. The molecule has 0 bridgehead atoms. The first-order valence-corrected chi connectivity index (χ1v) is 7.49. The molecule has 2 rings (SSSR count). The summed E-state index contributed by atoms with van der Waals surface area (Å²) in [5.41, 5.74) is 1.39. The van der Waals surface area contributed by atoms with E-state index < -0.39 is 18.0 Å². The molecule has 0 aliphatic rings. The second-order valence-corrected chi connectivity index (χ2v) is 5.52. The van der Waals surface area contributed by atoms with Crippen molar-refractivity contribution in [3.05, 3.63) is 65.5 Å². The number of carbonyl (C=O) groups excluding carboxylic acids is 2. The predicted molar refractivity (Wildman–Crippen MR) is 89.0 cm³/mol. The van der Waals surface area contributed by atoms with Crippen molar-refractivity contribution in [1.29, 1.82) is 0 Å². The summed E-state index contributed by atoms with van der Waals surface area (Å²) in [4.78, 5) is 23.4. The third-order valence-electron chi connectivity index (χ3n) is 3.49. The smallest absolute Gasteiger partial charge is 0.251 e. The topological polar surface area (TPSA) is 78.4 Å². The normalized spacial score (nSPS) is 13.0. The van der Waals surface area contributed by atoms with Crippen molar-refractivity contribution in [1.82, 2.24) is 5.32 Å². The molecular weight excluding hydrogens is 311 g/mol. The fourth-order valence-corrected chi connectivity index (χ4v) is 2.26. The monoisotopic (exact) mass is 330 g/mol. The highest BCUT2D eigenvalue weighted by molar-refractivity contribution is 5.96. The van der Waals surface area contributed by atoms with Crippen LogP contribution < -0.4 is 10.6 Å². The number of rotatable bonds is 5. The fraction of sp³-hybridized carbons (Fsp3) is 0.222. The van der Waals surface area contributed by atoms with Crippen molar-refractivity contribution >= 4 is 17.5 Å². The molecule has 0 aromatic heterocycles. The van der Waals surface area contributed by atoms with E-state index in [-0.39, 0.29) is 11.8 Å². The Hall–Kier alpha value is -2.73. The van der Waals surface area contributed by atoms with E-state index in [9.17, 15) is 19.1 Å². The number of carbonyl (C=O) groups is 2. The van der Waals surface area contributed by atoms with Crippen LogP contribution in [0.2, 0.25) is 0 Å². The summed E-state index contributed by atoms with van der Waals surface area (Å²) in [5.74, 6) is -0.999. The second kappa shape index (κ2) is 7.70. The van der Waals surface area contributed by atoms with Gasteiger partial charge in [0.2, 0.25) is 5.91 Å². The van der Waals surface area contributed by atoms with Crippen LogP contribution in [0.25, 0.3) is 0 Å². The molecular formula is C18H19FN2O3. The van der Waals surface area contributed by atoms with Gasteiger partial charge in [0.05, 0.1) is 12.1 Å². The SMILES string of the molecule is CC(=O)Nc1cccc(C(=O)NC(C)C(O)c2ccc(F)cc2)c1. The summed E-state index contributed by atoms with van der Waals surface area (Å²) in [6.07, 6.45) is -0.965. The summed E-state index contributed by atoms with van der Waals surface area (Å²) in [6, 6.07) is 11.4. The maximum absolute atomic E-state index is 12.9. The van der Waals surface area contributed by atoms with E-state index in [4.69, 9.17) is 0 Å². The molecule has 0 heterocycles. The lowest BCUT2D eigenvalue weighted by Crippen LogP contribution is -2.37. The predicted octanol–water partition coefficient (Wildman–Crippen LogP) is 2.64. The Morgan fingerprint density at radius 2 is 1.79 bits per heavy atom. The van der Waals surface area contributed by atoms with E-state index in [1.54, 1.807) is 31.2 Å². The molecule has 0 spiro atoms. The minimum Gasteiger partial charge on any atom is -0.386 e. The van der Waals surface area contributed by atoms with Crippen LogP contribution in [-0.2, 0) is 4.79 Å². The summed E-state index contributed by atoms with van der Waals surface area (Å²) in [6.45, 7) is 3.04. The molecule has 126 valence electrons. The number of halogens is 1. The molecule has 0 saturated heterocycles. The first-order chi connectivity index (χ1) is 11.4. The molecule has 0 saturated carbocycles. The molecule has 0 aliphatic carbocycles. The van der Waals surface area contributed by atoms with Crippen LogP contribution in [0.4, 0.5) is 10.1 Å². The molecule has 24 heavy (non-hydrogen) atoms. The van der Waals surface area contributed by atoms with Crippen molar-refractivity contribution in [3.63, 3.8) is 0 Å². The minimum atomic E-state index is -0.965. The number of anilines is 1. The Morgan fingerprint density at radius 1 is 1.12 bits per heavy atom. The number of nitrogens with one attached hydrogen (secondary N) is 2. The molecule has 2 aromatic carbocycles. The average molecular weight is 330 g/mol. The molecule has 0 fully saturated rings. The van der Waals surface area contributed by atoms with Gasteiger partial charge in [-0.3, -0.25) is 9.59 Å². The Morgan fingerprint density at radius 3 is 2.42 bits per heavy atom. The average Bonchev–Trinajstić information content (AvgIpc) is 2.54. The van der Waals surface area contributed by atoms with Crippen molar-refractivity contribution < 1.29 is 19.1 Å². The lowest BCUT2D eigenvalue weighted by Gasteiger charge is -2.21. The molecule has 2 atom stereocenters. The zero-order valence-corrected chi connectivity index (χ0v) is 13.4. The molecule has 0 aliphatic heterocycles. The van der Waals surface area contributed by atoms with Crippen LogP contribution in [0.3, 0.4) is 0 Å². The maximum atomic E-state index is 12.9. The Labute approximate surface area is 139 Å². The van der Waals surface area contributed by atoms with Crippen molar-refractivity contribution in [2.75, 3.05) is 5.32 Å². The Bertz CT molecular complexity index is 731. The highest BCUT2D eigenvalue weighted by Crippen LogP contribution is 2.18. The van der Waals surface area contributed by atoms with Crippen LogP contribution in [-0.4, -0.2) is 23.0 Å². The van der Waals surface area contributed by atoms with Gasteiger partial charge in [-0.15, -0.1) is 0 Å². The van der Waals surface area contributed by atoms with Crippen LogP contribution in [0.1, 0.15) is 35.9 Å². The standard InChI is InChI=1S/C18H19FN2O3/c1-11(17(23)13-6-8-15(19)9-7-13)20-18(24)14-4-3-5-16(10-14)21-12(2)22/h3-11,17,23H,1-2H3,(H,20,24)(H,21,22). The van der Waals surface area contributed by atoms with Crippen molar-refractivity contribution in [2.45, 2.75) is 26.0 Å². The molecule has 3 N–H and O–H groups in total. The van der Waals surface area contributed by atoms with E-state index in [0.717, 1.165) is 0 Å². The summed E-state index contributed by atoms with van der Waals surface area (Å²) < 4.78 is 12.9. The van der Waals surface area contributed by atoms with Gasteiger partial charge in [0.15, 0.2) is 0 Å².